The second kappa shape index (κ2) is 7.25. The third kappa shape index (κ3) is 4.09. The smallest absolute Gasteiger partial charge is 0.411 e. The molecule has 2 N–H and O–H groups in total. The number of nitrogens with one attached hydrogen (secondary N) is 2. The summed E-state index contributed by atoms with van der Waals surface area (Å²) in [4.78, 5) is 25.9. The number of aromatic nitrogens is 2. The highest BCUT2D eigenvalue weighted by Gasteiger charge is 2.25. The van der Waals surface area contributed by atoms with Crippen molar-refractivity contribution in [3.63, 3.8) is 0 Å². The fourth-order valence-corrected chi connectivity index (χ4v) is 2.86. The molecular formula is C17H21N5O3. The highest BCUT2D eigenvalue weighted by molar-refractivity contribution is 5.96. The molecule has 3 rings (SSSR count). The van der Waals surface area contributed by atoms with E-state index in [1.807, 2.05) is 19.4 Å². The average molecular weight is 343 g/mol. The number of hydrogen-bond donors (Lipinski definition) is 2. The van der Waals surface area contributed by atoms with E-state index in [2.05, 4.69) is 25.4 Å². The molecule has 0 saturated carbocycles. The Kier molecular flexibility index (Phi) is 4.87. The molecule has 132 valence electrons. The van der Waals surface area contributed by atoms with E-state index in [9.17, 15) is 9.59 Å². The molecule has 1 aliphatic heterocycles. The Bertz CT molecular complexity index is 773. The molecular weight excluding hydrogens is 322 g/mol. The van der Waals surface area contributed by atoms with Crippen LogP contribution < -0.4 is 15.5 Å². The molecule has 0 aliphatic carbocycles. The maximum Gasteiger partial charge on any atom is 0.411 e. The Morgan fingerprint density at radius 2 is 2.20 bits per heavy atom. The van der Waals surface area contributed by atoms with Crippen molar-refractivity contribution in [2.45, 2.75) is 12.5 Å². The summed E-state index contributed by atoms with van der Waals surface area (Å²) in [5, 5.41) is 9.78. The summed E-state index contributed by atoms with van der Waals surface area (Å²) in [6.45, 7) is 1.62. The molecule has 2 aromatic rings. The number of anilines is 2. The van der Waals surface area contributed by atoms with Crippen molar-refractivity contribution >= 4 is 23.4 Å². The molecule has 1 aromatic carbocycles. The molecule has 1 atom stereocenters. The first kappa shape index (κ1) is 16.8. The summed E-state index contributed by atoms with van der Waals surface area (Å²) in [7, 11) is 3.17. The lowest BCUT2D eigenvalue weighted by Crippen LogP contribution is -2.37. The minimum absolute atomic E-state index is 0.0740. The molecule has 0 spiro atoms. The van der Waals surface area contributed by atoms with Crippen LogP contribution in [0, 0.1) is 0 Å². The number of nitrogens with zero attached hydrogens (tertiary/aromatic N) is 3. The fourth-order valence-electron chi connectivity index (χ4n) is 2.86. The van der Waals surface area contributed by atoms with E-state index in [1.54, 1.807) is 28.9 Å². The molecule has 8 nitrogen and oxygen atoms in total. The average Bonchev–Trinajstić information content (AvgIpc) is 3.24. The van der Waals surface area contributed by atoms with Gasteiger partial charge in [0.15, 0.2) is 0 Å². The standard InChI is InChI=1S/C17H21N5O3/c1-21-11-15(9-18-21)22-7-6-14(10-22)19-16(23)12-4-3-5-13(8-12)20-17(24)25-2/h3-5,8-9,11,14H,6-7,10H2,1-2H3,(H,19,23)(H,20,24). The van der Waals surface area contributed by atoms with Gasteiger partial charge in [-0.25, -0.2) is 4.79 Å². The van der Waals surface area contributed by atoms with Crippen LogP contribution in [-0.4, -0.2) is 48.0 Å². The van der Waals surface area contributed by atoms with Gasteiger partial charge in [0.05, 0.1) is 19.0 Å². The minimum atomic E-state index is -0.569. The van der Waals surface area contributed by atoms with Gasteiger partial charge in [0, 0.05) is 43.6 Å². The van der Waals surface area contributed by atoms with Crippen LogP contribution in [0.15, 0.2) is 36.7 Å². The predicted molar refractivity (Wildman–Crippen MR) is 93.8 cm³/mol. The third-order valence-corrected chi connectivity index (χ3v) is 4.14. The SMILES string of the molecule is COC(=O)Nc1cccc(C(=O)NC2CCN(c3cnn(C)c3)C2)c1. The van der Waals surface area contributed by atoms with E-state index in [1.165, 1.54) is 7.11 Å². The Balaban J connectivity index is 1.59. The lowest BCUT2D eigenvalue weighted by molar-refractivity contribution is 0.0940. The Morgan fingerprint density at radius 3 is 2.92 bits per heavy atom. The van der Waals surface area contributed by atoms with Gasteiger partial charge in [-0.1, -0.05) is 6.07 Å². The van der Waals surface area contributed by atoms with E-state index in [-0.39, 0.29) is 11.9 Å². The number of carbonyl (C=O) groups is 2. The maximum absolute atomic E-state index is 12.5. The van der Waals surface area contributed by atoms with Crippen molar-refractivity contribution in [1.82, 2.24) is 15.1 Å². The van der Waals surface area contributed by atoms with Crippen molar-refractivity contribution in [2.75, 3.05) is 30.4 Å². The molecule has 2 heterocycles. The van der Waals surface area contributed by atoms with Crippen molar-refractivity contribution in [3.05, 3.63) is 42.2 Å². The monoisotopic (exact) mass is 343 g/mol. The molecule has 1 saturated heterocycles. The third-order valence-electron chi connectivity index (χ3n) is 4.14. The number of carbonyl (C=O) groups excluding carboxylic acids is 2. The van der Waals surface area contributed by atoms with Gasteiger partial charge in [0.2, 0.25) is 0 Å². The summed E-state index contributed by atoms with van der Waals surface area (Å²) in [6, 6.07) is 6.83. The first-order chi connectivity index (χ1) is 12.0. The topological polar surface area (TPSA) is 88.5 Å². The Morgan fingerprint density at radius 1 is 1.36 bits per heavy atom. The van der Waals surface area contributed by atoms with E-state index in [0.717, 1.165) is 25.2 Å². The summed E-state index contributed by atoms with van der Waals surface area (Å²) < 4.78 is 6.32. The molecule has 0 radical (unpaired) electrons. The van der Waals surface area contributed by atoms with Gasteiger partial charge in [-0.05, 0) is 24.6 Å². The van der Waals surface area contributed by atoms with Crippen molar-refractivity contribution < 1.29 is 14.3 Å². The first-order valence-corrected chi connectivity index (χ1v) is 8.04. The molecule has 25 heavy (non-hydrogen) atoms. The highest BCUT2D eigenvalue weighted by Crippen LogP contribution is 2.19. The van der Waals surface area contributed by atoms with E-state index in [0.29, 0.717) is 11.3 Å². The molecule has 0 bridgehead atoms. The lowest BCUT2D eigenvalue weighted by atomic mass is 10.1. The summed E-state index contributed by atoms with van der Waals surface area (Å²) >= 11 is 0. The fraction of sp³-hybridized carbons (Fsp3) is 0.353. The zero-order valence-electron chi connectivity index (χ0n) is 14.2. The molecule has 8 heteroatoms. The quantitative estimate of drug-likeness (QED) is 0.880. The number of rotatable bonds is 4. The number of aryl methyl sites for hydroxylation is 1. The van der Waals surface area contributed by atoms with Crippen LogP contribution in [0.25, 0.3) is 0 Å². The Labute approximate surface area is 145 Å². The molecule has 1 fully saturated rings. The summed E-state index contributed by atoms with van der Waals surface area (Å²) in [5.74, 6) is -0.161. The van der Waals surface area contributed by atoms with E-state index in [4.69, 9.17) is 0 Å². The van der Waals surface area contributed by atoms with Crippen LogP contribution in [0.3, 0.4) is 0 Å². The van der Waals surface area contributed by atoms with Gasteiger partial charge in [-0.2, -0.15) is 5.10 Å². The number of amides is 2. The van der Waals surface area contributed by atoms with E-state index >= 15 is 0 Å². The summed E-state index contributed by atoms with van der Waals surface area (Å²) in [5.41, 5.74) is 2.07. The van der Waals surface area contributed by atoms with Crippen LogP contribution in [-0.2, 0) is 11.8 Å². The molecule has 1 unspecified atom stereocenters. The minimum Gasteiger partial charge on any atom is -0.453 e. The van der Waals surface area contributed by atoms with Gasteiger partial charge >= 0.3 is 6.09 Å². The van der Waals surface area contributed by atoms with Crippen LogP contribution in [0.2, 0.25) is 0 Å². The lowest BCUT2D eigenvalue weighted by Gasteiger charge is -2.17. The number of benzene rings is 1. The number of ether oxygens (including phenoxy) is 1. The van der Waals surface area contributed by atoms with Gasteiger partial charge in [0.25, 0.3) is 5.91 Å². The van der Waals surface area contributed by atoms with E-state index < -0.39 is 6.09 Å². The number of methoxy groups -OCH3 is 1. The van der Waals surface area contributed by atoms with Crippen LogP contribution in [0.5, 0.6) is 0 Å². The maximum atomic E-state index is 12.5. The van der Waals surface area contributed by atoms with Crippen molar-refractivity contribution in [1.29, 1.82) is 0 Å². The predicted octanol–water partition coefficient (Wildman–Crippen LogP) is 1.61. The normalized spacial score (nSPS) is 16.6. The van der Waals surface area contributed by atoms with Crippen molar-refractivity contribution in [3.8, 4) is 0 Å². The number of hydrogen-bond acceptors (Lipinski definition) is 5. The zero-order chi connectivity index (χ0) is 17.8. The van der Waals surface area contributed by atoms with Crippen LogP contribution in [0.4, 0.5) is 16.2 Å². The second-order valence-electron chi connectivity index (χ2n) is 5.97. The zero-order valence-corrected chi connectivity index (χ0v) is 14.2. The van der Waals surface area contributed by atoms with Crippen LogP contribution >= 0.6 is 0 Å². The van der Waals surface area contributed by atoms with Crippen molar-refractivity contribution in [2.24, 2.45) is 7.05 Å². The van der Waals surface area contributed by atoms with Gasteiger partial charge in [-0.15, -0.1) is 0 Å². The summed E-state index contributed by atoms with van der Waals surface area (Å²) in [6.07, 6.45) is 4.10. The largest absolute Gasteiger partial charge is 0.453 e. The van der Waals surface area contributed by atoms with Gasteiger partial charge in [0.1, 0.15) is 0 Å². The molecule has 1 aliphatic rings. The van der Waals surface area contributed by atoms with Crippen LogP contribution in [0.1, 0.15) is 16.8 Å². The molecule has 2 amide bonds. The first-order valence-electron chi connectivity index (χ1n) is 8.04. The second-order valence-corrected chi connectivity index (χ2v) is 5.97. The van der Waals surface area contributed by atoms with Gasteiger partial charge < -0.3 is 15.0 Å². The Hall–Kier alpha value is -3.03. The van der Waals surface area contributed by atoms with Gasteiger partial charge in [-0.3, -0.25) is 14.8 Å². The molecule has 1 aromatic heterocycles. The highest BCUT2D eigenvalue weighted by atomic mass is 16.5.